The lowest BCUT2D eigenvalue weighted by molar-refractivity contribution is -0.00248. The number of anilines is 1. The van der Waals surface area contributed by atoms with Gasteiger partial charge in [-0.2, -0.15) is 0 Å². The lowest BCUT2D eigenvalue weighted by Crippen LogP contribution is -2.56. The van der Waals surface area contributed by atoms with E-state index in [4.69, 9.17) is 10.5 Å². The van der Waals surface area contributed by atoms with Gasteiger partial charge in [-0.25, -0.2) is 0 Å². The van der Waals surface area contributed by atoms with Gasteiger partial charge in [0.15, 0.2) is 5.96 Å². The number of guanidine groups is 1. The molecule has 1 saturated heterocycles. The van der Waals surface area contributed by atoms with Crippen LogP contribution in [0.25, 0.3) is 0 Å². The van der Waals surface area contributed by atoms with Crippen LogP contribution in [0.4, 0.5) is 5.69 Å². The fourth-order valence-electron chi connectivity index (χ4n) is 3.12. The molecular formula is C14H18BrN3O. The molecule has 1 fully saturated rings. The SMILES string of the molecule is CC1CC2(CCO1)CN=C(N)N2c1ccccc1Br. The van der Waals surface area contributed by atoms with E-state index in [0.29, 0.717) is 5.96 Å². The summed E-state index contributed by atoms with van der Waals surface area (Å²) in [6.07, 6.45) is 2.17. The number of nitrogens with two attached hydrogens (primary N) is 1. The minimum absolute atomic E-state index is 0.0222. The van der Waals surface area contributed by atoms with Crippen molar-refractivity contribution in [3.8, 4) is 0 Å². The van der Waals surface area contributed by atoms with E-state index < -0.39 is 0 Å². The Bertz CT molecular complexity index is 519. The van der Waals surface area contributed by atoms with Gasteiger partial charge in [0.25, 0.3) is 0 Å². The maximum Gasteiger partial charge on any atom is 0.196 e. The van der Waals surface area contributed by atoms with Crippen LogP contribution in [0, 0.1) is 0 Å². The molecule has 1 aromatic rings. The molecule has 1 aromatic carbocycles. The fraction of sp³-hybridized carbons (Fsp3) is 0.500. The van der Waals surface area contributed by atoms with E-state index in [2.05, 4.69) is 38.8 Å². The van der Waals surface area contributed by atoms with Crippen LogP contribution in [0.3, 0.4) is 0 Å². The molecule has 19 heavy (non-hydrogen) atoms. The van der Waals surface area contributed by atoms with Gasteiger partial charge in [0.1, 0.15) is 0 Å². The third-order valence-electron chi connectivity index (χ3n) is 3.97. The first-order valence-corrected chi connectivity index (χ1v) is 7.38. The highest BCUT2D eigenvalue weighted by Crippen LogP contribution is 2.40. The van der Waals surface area contributed by atoms with Crippen LogP contribution >= 0.6 is 15.9 Å². The van der Waals surface area contributed by atoms with Crippen molar-refractivity contribution < 1.29 is 4.74 Å². The Kier molecular flexibility index (Phi) is 3.27. The van der Waals surface area contributed by atoms with Crippen molar-refractivity contribution in [1.82, 2.24) is 0 Å². The molecular weight excluding hydrogens is 306 g/mol. The van der Waals surface area contributed by atoms with Crippen LogP contribution in [-0.2, 0) is 4.74 Å². The monoisotopic (exact) mass is 323 g/mol. The number of benzene rings is 1. The van der Waals surface area contributed by atoms with Gasteiger partial charge in [0.05, 0.1) is 23.9 Å². The Balaban J connectivity index is 2.01. The lowest BCUT2D eigenvalue weighted by Gasteiger charge is -2.44. The first-order chi connectivity index (χ1) is 9.12. The number of aliphatic imine (C=N–C) groups is 1. The van der Waals surface area contributed by atoms with E-state index >= 15 is 0 Å². The number of hydrogen-bond donors (Lipinski definition) is 1. The molecule has 0 amide bonds. The summed E-state index contributed by atoms with van der Waals surface area (Å²) in [5.41, 5.74) is 7.22. The van der Waals surface area contributed by atoms with Gasteiger partial charge < -0.3 is 15.4 Å². The Morgan fingerprint density at radius 1 is 1.47 bits per heavy atom. The summed E-state index contributed by atoms with van der Waals surface area (Å²) in [6, 6.07) is 8.16. The highest BCUT2D eigenvalue weighted by molar-refractivity contribution is 9.10. The van der Waals surface area contributed by atoms with Crippen molar-refractivity contribution in [2.75, 3.05) is 18.1 Å². The predicted molar refractivity (Wildman–Crippen MR) is 80.5 cm³/mol. The third-order valence-corrected chi connectivity index (χ3v) is 4.64. The van der Waals surface area contributed by atoms with Gasteiger partial charge in [0, 0.05) is 11.1 Å². The number of nitrogens with zero attached hydrogens (tertiary/aromatic N) is 2. The minimum Gasteiger partial charge on any atom is -0.378 e. The molecule has 5 heteroatoms. The Morgan fingerprint density at radius 2 is 2.26 bits per heavy atom. The van der Waals surface area contributed by atoms with Crippen LogP contribution in [0.2, 0.25) is 0 Å². The highest BCUT2D eigenvalue weighted by Gasteiger charge is 2.46. The molecule has 1 spiro atoms. The molecule has 2 aliphatic rings. The number of rotatable bonds is 1. The van der Waals surface area contributed by atoms with Gasteiger partial charge >= 0.3 is 0 Å². The molecule has 0 aromatic heterocycles. The standard InChI is InChI=1S/C14H18BrN3O/c1-10-8-14(6-7-19-10)9-17-13(16)18(14)12-5-3-2-4-11(12)15/h2-5,10H,6-9H2,1H3,(H2,16,17). The number of para-hydroxylation sites is 1. The maximum absolute atomic E-state index is 6.15. The quantitative estimate of drug-likeness (QED) is 0.864. The first-order valence-electron chi connectivity index (χ1n) is 6.59. The van der Waals surface area contributed by atoms with E-state index in [1.165, 1.54) is 0 Å². The largest absolute Gasteiger partial charge is 0.378 e. The summed E-state index contributed by atoms with van der Waals surface area (Å²) >= 11 is 3.62. The summed E-state index contributed by atoms with van der Waals surface area (Å²) in [7, 11) is 0. The lowest BCUT2D eigenvalue weighted by atomic mass is 9.85. The van der Waals surface area contributed by atoms with Crippen LogP contribution in [-0.4, -0.2) is 30.8 Å². The zero-order valence-corrected chi connectivity index (χ0v) is 12.6. The number of hydrogen-bond acceptors (Lipinski definition) is 4. The van der Waals surface area contributed by atoms with Crippen LogP contribution in [0.15, 0.2) is 33.7 Å². The van der Waals surface area contributed by atoms with Gasteiger partial charge in [-0.15, -0.1) is 0 Å². The molecule has 0 aliphatic carbocycles. The molecule has 102 valence electrons. The van der Waals surface area contributed by atoms with E-state index in [-0.39, 0.29) is 11.6 Å². The predicted octanol–water partition coefficient (Wildman–Crippen LogP) is 2.52. The molecule has 2 N–H and O–H groups in total. The summed E-state index contributed by atoms with van der Waals surface area (Å²) in [5.74, 6) is 0.612. The second-order valence-electron chi connectivity index (χ2n) is 5.32. The minimum atomic E-state index is -0.0222. The van der Waals surface area contributed by atoms with Crippen molar-refractivity contribution in [2.24, 2.45) is 10.7 Å². The van der Waals surface area contributed by atoms with Gasteiger partial charge in [-0.1, -0.05) is 12.1 Å². The molecule has 2 unspecified atom stereocenters. The zero-order valence-electron chi connectivity index (χ0n) is 11.0. The van der Waals surface area contributed by atoms with E-state index in [9.17, 15) is 0 Å². The van der Waals surface area contributed by atoms with Crippen LogP contribution in [0.1, 0.15) is 19.8 Å². The van der Waals surface area contributed by atoms with Gasteiger partial charge in [0.2, 0.25) is 0 Å². The Labute approximate surface area is 121 Å². The molecule has 2 aliphatic heterocycles. The topological polar surface area (TPSA) is 50.9 Å². The summed E-state index contributed by atoms with van der Waals surface area (Å²) in [6.45, 7) is 3.65. The van der Waals surface area contributed by atoms with Crippen molar-refractivity contribution in [2.45, 2.75) is 31.4 Å². The van der Waals surface area contributed by atoms with Crippen molar-refractivity contribution in [1.29, 1.82) is 0 Å². The van der Waals surface area contributed by atoms with Crippen molar-refractivity contribution in [3.63, 3.8) is 0 Å². The number of ether oxygens (including phenoxy) is 1. The third kappa shape index (κ3) is 2.15. The van der Waals surface area contributed by atoms with Crippen LogP contribution < -0.4 is 10.6 Å². The normalized spacial score (nSPS) is 30.7. The smallest absolute Gasteiger partial charge is 0.196 e. The van der Waals surface area contributed by atoms with E-state index in [1.807, 2.05) is 18.2 Å². The van der Waals surface area contributed by atoms with Crippen LogP contribution in [0.5, 0.6) is 0 Å². The molecule has 4 nitrogen and oxygen atoms in total. The van der Waals surface area contributed by atoms with E-state index in [1.54, 1.807) is 0 Å². The second-order valence-corrected chi connectivity index (χ2v) is 6.18. The summed E-state index contributed by atoms with van der Waals surface area (Å²) in [5, 5.41) is 0. The summed E-state index contributed by atoms with van der Waals surface area (Å²) in [4.78, 5) is 6.68. The van der Waals surface area contributed by atoms with Crippen molar-refractivity contribution in [3.05, 3.63) is 28.7 Å². The Hall–Kier alpha value is -1.07. The average molecular weight is 324 g/mol. The number of halogens is 1. The average Bonchev–Trinajstić information content (AvgIpc) is 2.67. The van der Waals surface area contributed by atoms with Gasteiger partial charge in [-0.05, 0) is 47.8 Å². The fourth-order valence-corrected chi connectivity index (χ4v) is 3.58. The molecule has 0 bridgehead atoms. The second kappa shape index (κ2) is 4.80. The molecule has 0 radical (unpaired) electrons. The van der Waals surface area contributed by atoms with E-state index in [0.717, 1.165) is 36.2 Å². The molecule has 2 heterocycles. The molecule has 3 rings (SSSR count). The zero-order chi connectivity index (χ0) is 13.5. The first kappa shape index (κ1) is 12.9. The Morgan fingerprint density at radius 3 is 3.00 bits per heavy atom. The summed E-state index contributed by atoms with van der Waals surface area (Å²) < 4.78 is 6.73. The molecule has 2 atom stereocenters. The van der Waals surface area contributed by atoms with Crippen molar-refractivity contribution >= 4 is 27.6 Å². The van der Waals surface area contributed by atoms with Gasteiger partial charge in [-0.3, -0.25) is 4.99 Å². The maximum atomic E-state index is 6.15. The highest BCUT2D eigenvalue weighted by atomic mass is 79.9. The molecule has 0 saturated carbocycles.